The molecule has 0 saturated carbocycles. The van der Waals surface area contributed by atoms with Crippen LogP contribution in [0.15, 0.2) is 21.5 Å². The molecule has 1 aromatic heterocycles. The van der Waals surface area contributed by atoms with Crippen LogP contribution in [-0.2, 0) is 33.9 Å². The summed E-state index contributed by atoms with van der Waals surface area (Å²) in [6.45, 7) is 1.71. The molecule has 2 aliphatic carbocycles. The smallest absolute Gasteiger partial charge is 0.354 e. The third-order valence-corrected chi connectivity index (χ3v) is 8.23. The normalized spacial score (nSPS) is 22.1. The second-order valence-corrected chi connectivity index (χ2v) is 11.3. The number of hydrogen-bond acceptors (Lipinski definition) is 6. The van der Waals surface area contributed by atoms with Crippen molar-refractivity contribution >= 4 is 21.6 Å². The highest BCUT2D eigenvalue weighted by Crippen LogP contribution is 2.44. The molecule has 2 amide bonds. The van der Waals surface area contributed by atoms with Crippen molar-refractivity contribution in [2.45, 2.75) is 49.0 Å². The number of nitrogens with two attached hydrogens (primary N) is 1. The first-order valence-corrected chi connectivity index (χ1v) is 13.2. The monoisotopic (exact) mass is 488 g/mol. The first kappa shape index (κ1) is 23.3. The van der Waals surface area contributed by atoms with Crippen LogP contribution in [0.3, 0.4) is 0 Å². The molecule has 0 fully saturated rings. The summed E-state index contributed by atoms with van der Waals surface area (Å²) in [7, 11) is 2.06. The van der Waals surface area contributed by atoms with Crippen LogP contribution in [0, 0.1) is 0 Å². The van der Waals surface area contributed by atoms with Gasteiger partial charge in [-0.05, 0) is 68.5 Å². The first-order chi connectivity index (χ1) is 16.3. The number of anilines is 1. The van der Waals surface area contributed by atoms with Gasteiger partial charge >= 0.3 is 6.03 Å². The van der Waals surface area contributed by atoms with Crippen molar-refractivity contribution in [2.24, 2.45) is 9.50 Å². The van der Waals surface area contributed by atoms with E-state index in [2.05, 4.69) is 20.8 Å². The van der Waals surface area contributed by atoms with E-state index < -0.39 is 15.9 Å². The van der Waals surface area contributed by atoms with Gasteiger partial charge in [-0.15, -0.1) is 4.36 Å². The Morgan fingerprint density at radius 3 is 2.97 bits per heavy atom. The third-order valence-electron chi connectivity index (χ3n) is 6.88. The molecule has 184 valence electrons. The molecule has 3 N–H and O–H groups in total. The molecule has 1 aromatic carbocycles. The van der Waals surface area contributed by atoms with Gasteiger partial charge in [0, 0.05) is 25.3 Å². The lowest BCUT2D eigenvalue weighted by Crippen LogP contribution is -2.24. The number of benzene rings is 1. The van der Waals surface area contributed by atoms with E-state index in [1.165, 1.54) is 17.3 Å². The van der Waals surface area contributed by atoms with Crippen LogP contribution in [-0.4, -0.2) is 65.9 Å². The van der Waals surface area contributed by atoms with Crippen LogP contribution in [0.1, 0.15) is 47.1 Å². The van der Waals surface area contributed by atoms with Gasteiger partial charge < -0.3 is 19.7 Å². The molecule has 2 heterocycles. The van der Waals surface area contributed by atoms with Crippen LogP contribution in [0.25, 0.3) is 0 Å². The number of methoxy groups -OCH3 is 1. The number of aromatic nitrogens is 2. The number of carbonyl (C=O) groups excluding carboxylic acids is 1. The minimum absolute atomic E-state index is 0.0185. The van der Waals surface area contributed by atoms with Gasteiger partial charge in [0.25, 0.3) is 0 Å². The number of rotatable bonds is 6. The fourth-order valence-electron chi connectivity index (χ4n) is 5.51. The van der Waals surface area contributed by atoms with Crippen LogP contribution in [0.5, 0.6) is 5.88 Å². The molecular weight excluding hydrogens is 456 g/mol. The Balaban J connectivity index is 1.46. The molecule has 0 spiro atoms. The molecular formula is C23H32N6O4S. The van der Waals surface area contributed by atoms with Gasteiger partial charge in [-0.1, -0.05) is 6.07 Å². The summed E-state index contributed by atoms with van der Waals surface area (Å²) in [6, 6.07) is 1.54. The minimum atomic E-state index is -3.55. The second kappa shape index (κ2) is 8.95. The molecule has 5 rings (SSSR count). The number of urea groups is 1. The SMILES string of the molecule is COC[C@H]1CCc2cc3c(c(NC(=O)N=S(N)(=O)c4cnn5c4OC[C@H]5CN(C)C)c21)CCC3. The fraction of sp³-hybridized carbons (Fsp3) is 0.565. The summed E-state index contributed by atoms with van der Waals surface area (Å²) in [5, 5.41) is 13.4. The van der Waals surface area contributed by atoms with Crippen molar-refractivity contribution < 1.29 is 18.5 Å². The number of ether oxygens (including phenoxy) is 2. The number of likely N-dealkylation sites (N-methyl/N-ethyl adjacent to an activating group) is 1. The maximum Gasteiger partial charge on any atom is 0.354 e. The summed E-state index contributed by atoms with van der Waals surface area (Å²) in [5.74, 6) is 0.530. The van der Waals surface area contributed by atoms with Crippen molar-refractivity contribution in [2.75, 3.05) is 46.3 Å². The van der Waals surface area contributed by atoms with Crippen molar-refractivity contribution in [1.82, 2.24) is 14.7 Å². The molecule has 3 atom stereocenters. The number of nitrogens with one attached hydrogen (secondary N) is 1. The number of aryl methyl sites for hydroxylation is 2. The topological polar surface area (TPSA) is 124 Å². The van der Waals surface area contributed by atoms with Gasteiger partial charge in [-0.25, -0.2) is 18.8 Å². The molecule has 1 unspecified atom stereocenters. The molecule has 0 saturated heterocycles. The fourth-order valence-corrected chi connectivity index (χ4v) is 6.50. The first-order valence-electron chi connectivity index (χ1n) is 11.7. The number of nitrogens with zero attached hydrogens (tertiary/aromatic N) is 4. The molecule has 3 aliphatic rings. The Morgan fingerprint density at radius 2 is 2.21 bits per heavy atom. The van der Waals surface area contributed by atoms with E-state index in [9.17, 15) is 9.00 Å². The lowest BCUT2D eigenvalue weighted by molar-refractivity contribution is 0.179. The van der Waals surface area contributed by atoms with Crippen LogP contribution < -0.4 is 15.2 Å². The predicted molar refractivity (Wildman–Crippen MR) is 129 cm³/mol. The van der Waals surface area contributed by atoms with Gasteiger partial charge in [-0.2, -0.15) is 5.10 Å². The summed E-state index contributed by atoms with van der Waals surface area (Å²) >= 11 is 0. The van der Waals surface area contributed by atoms with E-state index in [0.29, 0.717) is 25.6 Å². The number of carbonyl (C=O) groups is 1. The van der Waals surface area contributed by atoms with E-state index >= 15 is 0 Å². The third kappa shape index (κ3) is 4.10. The zero-order valence-corrected chi connectivity index (χ0v) is 20.7. The zero-order valence-electron chi connectivity index (χ0n) is 19.9. The highest BCUT2D eigenvalue weighted by Gasteiger charge is 2.33. The molecule has 1 aliphatic heterocycles. The van der Waals surface area contributed by atoms with Crippen molar-refractivity contribution in [3.63, 3.8) is 0 Å². The Bertz CT molecular complexity index is 1250. The average molecular weight is 489 g/mol. The van der Waals surface area contributed by atoms with Crippen LogP contribution in [0.4, 0.5) is 10.5 Å². The standard InChI is InChI=1S/C23H32N6O4S/c1-28(2)11-17-13-33-22-19(10-25-29(17)22)34(24,31)27-23(30)26-21-18-6-4-5-14(18)9-15-7-8-16(12-32-3)20(15)21/h9-10,16-17H,4-8,11-13H2,1-3H3,(H3,24,26,27,30,31)/t16-,17-,34?/m1/s1. The lowest BCUT2D eigenvalue weighted by atomic mass is 9.94. The van der Waals surface area contributed by atoms with E-state index in [0.717, 1.165) is 48.9 Å². The second-order valence-electron chi connectivity index (χ2n) is 9.58. The molecule has 0 radical (unpaired) electrons. The Hall–Kier alpha value is -2.47. The summed E-state index contributed by atoms with van der Waals surface area (Å²) in [6.07, 6.45) is 6.27. The average Bonchev–Trinajstić information content (AvgIpc) is 3.52. The Labute approximate surface area is 200 Å². The Morgan fingerprint density at radius 1 is 1.38 bits per heavy atom. The number of hydrogen-bond donors (Lipinski definition) is 2. The van der Waals surface area contributed by atoms with Gasteiger partial charge in [0.2, 0.25) is 5.88 Å². The van der Waals surface area contributed by atoms with Gasteiger partial charge in [0.05, 0.1) is 12.8 Å². The van der Waals surface area contributed by atoms with Gasteiger partial charge in [-0.3, -0.25) is 0 Å². The minimum Gasteiger partial charge on any atom is -0.475 e. The predicted octanol–water partition coefficient (Wildman–Crippen LogP) is 2.48. The molecule has 34 heavy (non-hydrogen) atoms. The number of fused-ring (bicyclic) bond motifs is 3. The van der Waals surface area contributed by atoms with E-state index in [1.54, 1.807) is 11.8 Å². The Kier molecular flexibility index (Phi) is 6.13. The maximum atomic E-state index is 13.4. The number of amides is 2. The molecule has 2 aromatic rings. The van der Waals surface area contributed by atoms with Gasteiger partial charge in [0.15, 0.2) is 9.92 Å². The summed E-state index contributed by atoms with van der Waals surface area (Å²) in [4.78, 5) is 15.2. The van der Waals surface area contributed by atoms with Crippen LogP contribution >= 0.6 is 0 Å². The van der Waals surface area contributed by atoms with Crippen molar-refractivity contribution in [1.29, 1.82) is 0 Å². The molecule has 11 heteroatoms. The highest BCUT2D eigenvalue weighted by atomic mass is 32.2. The molecule has 10 nitrogen and oxygen atoms in total. The van der Waals surface area contributed by atoms with E-state index in [-0.39, 0.29) is 16.9 Å². The van der Waals surface area contributed by atoms with Crippen LogP contribution in [0.2, 0.25) is 0 Å². The lowest BCUT2D eigenvalue weighted by Gasteiger charge is -2.19. The van der Waals surface area contributed by atoms with Crippen molar-refractivity contribution in [3.8, 4) is 5.88 Å². The highest BCUT2D eigenvalue weighted by molar-refractivity contribution is 7.91. The maximum absolute atomic E-state index is 13.4. The van der Waals surface area contributed by atoms with Gasteiger partial charge in [0.1, 0.15) is 17.5 Å². The molecule has 0 bridgehead atoms. The van der Waals surface area contributed by atoms with E-state index in [1.807, 2.05) is 19.0 Å². The zero-order chi connectivity index (χ0) is 24.0. The largest absolute Gasteiger partial charge is 0.475 e. The van der Waals surface area contributed by atoms with E-state index in [4.69, 9.17) is 14.6 Å². The summed E-state index contributed by atoms with van der Waals surface area (Å²) < 4.78 is 30.1. The van der Waals surface area contributed by atoms with Crippen molar-refractivity contribution in [3.05, 3.63) is 34.5 Å². The summed E-state index contributed by atoms with van der Waals surface area (Å²) in [5.41, 5.74) is 5.60. The quantitative estimate of drug-likeness (QED) is 0.644.